The van der Waals surface area contributed by atoms with E-state index in [2.05, 4.69) is 15.3 Å². The van der Waals surface area contributed by atoms with Crippen LogP contribution in [0.1, 0.15) is 11.1 Å². The number of methoxy groups -OCH3 is 2. The Morgan fingerprint density at radius 3 is 2.52 bits per heavy atom. The van der Waals surface area contributed by atoms with Crippen LogP contribution in [0.25, 0.3) is 10.2 Å². The van der Waals surface area contributed by atoms with Gasteiger partial charge in [0.25, 0.3) is 5.19 Å². The molecule has 7 nitrogen and oxygen atoms in total. The second-order valence-corrected chi connectivity index (χ2v) is 7.70. The second kappa shape index (κ2) is 8.31. The molecule has 160 valence electrons. The summed E-state index contributed by atoms with van der Waals surface area (Å²) in [5, 5.41) is 3.69. The van der Waals surface area contributed by atoms with Crippen LogP contribution in [0.4, 0.5) is 20.4 Å². The molecule has 0 unspecified atom stereocenters. The first-order valence-corrected chi connectivity index (χ1v) is 10.0. The number of fused-ring (bicyclic) bond motifs is 1. The number of aromatic nitrogens is 3. The average molecular weight is 444 g/mol. The van der Waals surface area contributed by atoms with Crippen molar-refractivity contribution in [3.8, 4) is 10.9 Å². The summed E-state index contributed by atoms with van der Waals surface area (Å²) in [4.78, 5) is 20.7. The molecule has 0 bridgehead atoms. The summed E-state index contributed by atoms with van der Waals surface area (Å²) >= 11 is 1.40. The van der Waals surface area contributed by atoms with Gasteiger partial charge in [0.05, 0.1) is 37.2 Å². The number of nitrogens with one attached hydrogen (secondary N) is 1. The van der Waals surface area contributed by atoms with E-state index in [1.165, 1.54) is 36.8 Å². The van der Waals surface area contributed by atoms with Crippen LogP contribution in [-0.2, 0) is 6.54 Å². The summed E-state index contributed by atoms with van der Waals surface area (Å²) in [7, 11) is 2.91. The topological polar surface area (TPSA) is 78.3 Å². The van der Waals surface area contributed by atoms with Crippen molar-refractivity contribution < 1.29 is 18.3 Å². The zero-order chi connectivity index (χ0) is 22.1. The maximum Gasteiger partial charge on any atom is 0.316 e. The fraction of sp³-hybridized carbons (Fsp3) is 0.190. The lowest BCUT2D eigenvalue weighted by Gasteiger charge is -2.16. The number of thiazole rings is 1. The molecule has 0 saturated heterocycles. The number of hydrogen-bond acceptors (Lipinski definition) is 7. The fourth-order valence-corrected chi connectivity index (χ4v) is 4.06. The largest absolute Gasteiger partial charge is 0.490 e. The van der Waals surface area contributed by atoms with Crippen LogP contribution in [0.5, 0.6) is 10.9 Å². The van der Waals surface area contributed by atoms with Crippen molar-refractivity contribution in [3.63, 3.8) is 0 Å². The Kier molecular flexibility index (Phi) is 5.55. The molecule has 0 spiro atoms. The van der Waals surface area contributed by atoms with E-state index in [1.807, 2.05) is 19.1 Å². The van der Waals surface area contributed by atoms with Gasteiger partial charge in [0.2, 0.25) is 11.7 Å². The van der Waals surface area contributed by atoms with Crippen LogP contribution < -0.4 is 20.3 Å². The minimum atomic E-state index is -0.689. The number of ether oxygens (including phenoxy) is 2. The molecule has 31 heavy (non-hydrogen) atoms. The summed E-state index contributed by atoms with van der Waals surface area (Å²) in [6.45, 7) is 1.98. The van der Waals surface area contributed by atoms with Gasteiger partial charge in [-0.15, -0.1) is 0 Å². The van der Waals surface area contributed by atoms with Crippen LogP contribution in [0.2, 0.25) is 0 Å². The summed E-state index contributed by atoms with van der Waals surface area (Å²) in [6.07, 6.45) is 1.45. The van der Waals surface area contributed by atoms with Gasteiger partial charge < -0.3 is 19.4 Å². The predicted molar refractivity (Wildman–Crippen MR) is 115 cm³/mol. The molecule has 0 atom stereocenters. The van der Waals surface area contributed by atoms with Gasteiger partial charge in [0.1, 0.15) is 11.6 Å². The average Bonchev–Trinajstić information content (AvgIpc) is 3.15. The molecule has 0 radical (unpaired) electrons. The number of rotatable bonds is 6. The van der Waals surface area contributed by atoms with Crippen LogP contribution in [0.3, 0.4) is 0 Å². The smallest absolute Gasteiger partial charge is 0.316 e. The highest BCUT2D eigenvalue weighted by molar-refractivity contribution is 7.20. The van der Waals surface area contributed by atoms with Crippen molar-refractivity contribution in [1.82, 2.24) is 14.5 Å². The van der Waals surface area contributed by atoms with Crippen LogP contribution >= 0.6 is 11.3 Å². The van der Waals surface area contributed by atoms with E-state index in [-0.39, 0.29) is 18.2 Å². The molecular formula is C21H18F2N4O3S. The summed E-state index contributed by atoms with van der Waals surface area (Å²) in [5.74, 6) is -1.16. The number of aryl methyl sites for hydroxylation is 1. The number of hydrogen-bond donors (Lipinski definition) is 1. The lowest BCUT2D eigenvalue weighted by atomic mass is 10.2. The molecule has 4 rings (SSSR count). The third-order valence-corrected chi connectivity index (χ3v) is 5.82. The van der Waals surface area contributed by atoms with Gasteiger partial charge in [-0.2, -0.15) is 4.98 Å². The molecular weight excluding hydrogens is 426 g/mol. The van der Waals surface area contributed by atoms with Crippen molar-refractivity contribution in [3.05, 3.63) is 69.6 Å². The highest BCUT2D eigenvalue weighted by Crippen LogP contribution is 2.34. The molecule has 0 aliphatic rings. The van der Waals surface area contributed by atoms with E-state index >= 15 is 0 Å². The normalized spacial score (nSPS) is 11.0. The van der Waals surface area contributed by atoms with Crippen molar-refractivity contribution in [2.75, 3.05) is 19.5 Å². The number of benzene rings is 2. The number of nitrogens with zero attached hydrogens (tertiary/aromatic N) is 3. The molecule has 2 heterocycles. The standard InChI is InChI=1S/C21H18F2N4O3S/c1-11-15(4-5-16-18(11)31-21(25-16)30-3)24-20-26-19(28)17(29-2)10-27(20)9-12-6-13(22)8-14(23)7-12/h4-8,10H,9H2,1-3H3,(H,24,26,28). The SMILES string of the molecule is COc1nc2ccc(Nc3nc(=O)c(OC)cn3Cc3cc(F)cc(F)c3)c(C)c2s1. The van der Waals surface area contributed by atoms with Crippen LogP contribution in [0, 0.1) is 18.6 Å². The maximum absolute atomic E-state index is 13.6. The Morgan fingerprint density at radius 1 is 1.10 bits per heavy atom. The minimum Gasteiger partial charge on any atom is -0.490 e. The van der Waals surface area contributed by atoms with Gasteiger partial charge in [-0.1, -0.05) is 11.3 Å². The lowest BCUT2D eigenvalue weighted by molar-refractivity contribution is 0.402. The van der Waals surface area contributed by atoms with Crippen molar-refractivity contribution in [2.24, 2.45) is 0 Å². The van der Waals surface area contributed by atoms with E-state index in [0.29, 0.717) is 16.4 Å². The Hall–Kier alpha value is -3.53. The number of halogens is 2. The zero-order valence-corrected chi connectivity index (χ0v) is 17.7. The lowest BCUT2D eigenvalue weighted by Crippen LogP contribution is -2.19. The molecule has 0 fully saturated rings. The van der Waals surface area contributed by atoms with Crippen molar-refractivity contribution in [2.45, 2.75) is 13.5 Å². The Labute approximate surface area is 179 Å². The first-order valence-electron chi connectivity index (χ1n) is 9.19. The highest BCUT2D eigenvalue weighted by Gasteiger charge is 2.14. The highest BCUT2D eigenvalue weighted by atomic mass is 32.1. The third-order valence-electron chi connectivity index (χ3n) is 4.67. The van der Waals surface area contributed by atoms with Gasteiger partial charge in [-0.3, -0.25) is 4.79 Å². The molecule has 2 aromatic carbocycles. The molecule has 0 aliphatic carbocycles. The van der Waals surface area contributed by atoms with E-state index in [4.69, 9.17) is 9.47 Å². The Bertz CT molecular complexity index is 1320. The van der Waals surface area contributed by atoms with Gasteiger partial charge in [0, 0.05) is 11.8 Å². The maximum atomic E-state index is 13.6. The fourth-order valence-electron chi connectivity index (χ4n) is 3.18. The molecule has 0 aliphatic heterocycles. The van der Waals surface area contributed by atoms with E-state index in [9.17, 15) is 13.6 Å². The van der Waals surface area contributed by atoms with Crippen molar-refractivity contribution >= 4 is 33.2 Å². The van der Waals surface area contributed by atoms with Gasteiger partial charge in [0.15, 0.2) is 0 Å². The summed E-state index contributed by atoms with van der Waals surface area (Å²) in [6, 6.07) is 6.89. The first kappa shape index (κ1) is 20.7. The first-order chi connectivity index (χ1) is 14.9. The van der Waals surface area contributed by atoms with E-state index in [0.717, 1.165) is 21.8 Å². The molecule has 10 heteroatoms. The minimum absolute atomic E-state index is 0.0155. The molecule has 0 amide bonds. The predicted octanol–water partition coefficient (Wildman–Crippen LogP) is 4.25. The summed E-state index contributed by atoms with van der Waals surface area (Å²) in [5.41, 5.74) is 2.19. The zero-order valence-electron chi connectivity index (χ0n) is 16.9. The second-order valence-electron chi connectivity index (χ2n) is 6.74. The van der Waals surface area contributed by atoms with E-state index in [1.54, 1.807) is 11.7 Å². The van der Waals surface area contributed by atoms with Crippen molar-refractivity contribution in [1.29, 1.82) is 0 Å². The molecule has 0 saturated carbocycles. The third kappa shape index (κ3) is 4.19. The van der Waals surface area contributed by atoms with Crippen LogP contribution in [0.15, 0.2) is 41.3 Å². The van der Waals surface area contributed by atoms with Gasteiger partial charge in [-0.05, 0) is 42.3 Å². The molecule has 4 aromatic rings. The summed E-state index contributed by atoms with van der Waals surface area (Å²) < 4.78 is 40.1. The van der Waals surface area contributed by atoms with Crippen LogP contribution in [-0.4, -0.2) is 28.8 Å². The van der Waals surface area contributed by atoms with E-state index < -0.39 is 17.2 Å². The van der Waals surface area contributed by atoms with Gasteiger partial charge in [-0.25, -0.2) is 13.8 Å². The quantitative estimate of drug-likeness (QED) is 0.479. The molecule has 2 aromatic heterocycles. The number of anilines is 2. The Morgan fingerprint density at radius 2 is 1.84 bits per heavy atom. The Balaban J connectivity index is 1.77. The molecule has 1 N–H and O–H groups in total. The monoisotopic (exact) mass is 444 g/mol. The van der Waals surface area contributed by atoms with Gasteiger partial charge >= 0.3 is 5.56 Å².